The molecule has 4 aromatic rings. The van der Waals surface area contributed by atoms with Gasteiger partial charge in [0.2, 0.25) is 0 Å². The van der Waals surface area contributed by atoms with Crippen molar-refractivity contribution < 1.29 is 14.2 Å². The molecule has 0 aliphatic heterocycles. The Kier molecular flexibility index (Phi) is 5.08. The van der Waals surface area contributed by atoms with E-state index >= 15 is 0 Å². The highest BCUT2D eigenvalue weighted by Crippen LogP contribution is 2.34. The zero-order valence-electron chi connectivity index (χ0n) is 15.5. The lowest BCUT2D eigenvalue weighted by molar-refractivity contribution is 0.306. The number of ether oxygens (including phenoxy) is 3. The van der Waals surface area contributed by atoms with Gasteiger partial charge in [0.1, 0.15) is 18.2 Å². The summed E-state index contributed by atoms with van der Waals surface area (Å²) in [5.41, 5.74) is 3.59. The molecule has 28 heavy (non-hydrogen) atoms. The van der Waals surface area contributed by atoms with Crippen molar-refractivity contribution in [3.8, 4) is 28.6 Å². The number of hydrogen-bond donors (Lipinski definition) is 1. The number of H-pyrrole nitrogens is 1. The lowest BCUT2D eigenvalue weighted by Crippen LogP contribution is -1.95. The molecule has 0 radical (unpaired) electrons. The van der Waals surface area contributed by atoms with Crippen molar-refractivity contribution in [2.75, 3.05) is 14.2 Å². The first kappa shape index (κ1) is 18.2. The van der Waals surface area contributed by atoms with Gasteiger partial charge in [0.15, 0.2) is 11.5 Å². The summed E-state index contributed by atoms with van der Waals surface area (Å²) in [5.74, 6) is 2.62. The first-order valence-corrected chi connectivity index (χ1v) is 9.14. The summed E-state index contributed by atoms with van der Waals surface area (Å²) in [6.45, 7) is 0.462. The second-order valence-corrected chi connectivity index (χ2v) is 6.64. The molecule has 0 aliphatic carbocycles. The van der Waals surface area contributed by atoms with E-state index in [9.17, 15) is 0 Å². The minimum atomic E-state index is 0.462. The van der Waals surface area contributed by atoms with Gasteiger partial charge in [-0.05, 0) is 23.8 Å². The Hall–Kier alpha value is -3.18. The first-order chi connectivity index (χ1) is 13.7. The number of benzene rings is 3. The van der Waals surface area contributed by atoms with E-state index in [1.165, 1.54) is 0 Å². The minimum absolute atomic E-state index is 0.462. The van der Waals surface area contributed by atoms with E-state index in [0.29, 0.717) is 34.7 Å². The predicted octanol–water partition coefficient (Wildman–Crippen LogP) is 5.48. The third-order valence-corrected chi connectivity index (χ3v) is 4.73. The molecule has 3 aromatic carbocycles. The highest BCUT2D eigenvalue weighted by molar-refractivity contribution is 6.32. The molecule has 0 saturated carbocycles. The fourth-order valence-electron chi connectivity index (χ4n) is 2.97. The molecule has 1 N–H and O–H groups in total. The van der Waals surface area contributed by atoms with Crippen molar-refractivity contribution in [1.82, 2.24) is 9.97 Å². The van der Waals surface area contributed by atoms with Crippen molar-refractivity contribution in [2.45, 2.75) is 6.61 Å². The van der Waals surface area contributed by atoms with Crippen LogP contribution in [0.15, 0.2) is 60.7 Å². The number of methoxy groups -OCH3 is 2. The summed E-state index contributed by atoms with van der Waals surface area (Å²) in [6, 6.07) is 19.3. The van der Waals surface area contributed by atoms with Crippen LogP contribution in [0.4, 0.5) is 0 Å². The molecule has 1 heterocycles. The van der Waals surface area contributed by atoms with Crippen LogP contribution in [0.1, 0.15) is 5.56 Å². The van der Waals surface area contributed by atoms with Gasteiger partial charge >= 0.3 is 0 Å². The molecule has 0 spiro atoms. The number of nitrogens with zero attached hydrogens (tertiary/aromatic N) is 1. The molecule has 0 aliphatic rings. The minimum Gasteiger partial charge on any atom is -0.493 e. The van der Waals surface area contributed by atoms with Gasteiger partial charge in [-0.2, -0.15) is 0 Å². The van der Waals surface area contributed by atoms with E-state index < -0.39 is 0 Å². The normalized spacial score (nSPS) is 10.8. The van der Waals surface area contributed by atoms with Crippen molar-refractivity contribution >= 4 is 22.6 Å². The molecule has 1 aromatic heterocycles. The molecule has 0 amide bonds. The monoisotopic (exact) mass is 394 g/mol. The average Bonchev–Trinajstić information content (AvgIpc) is 3.15. The van der Waals surface area contributed by atoms with Crippen molar-refractivity contribution in [1.29, 1.82) is 0 Å². The Bertz CT molecular complexity index is 1070. The summed E-state index contributed by atoms with van der Waals surface area (Å²) < 4.78 is 16.5. The van der Waals surface area contributed by atoms with E-state index in [1.54, 1.807) is 14.2 Å². The van der Waals surface area contributed by atoms with Gasteiger partial charge in [-0.25, -0.2) is 4.98 Å². The third-order valence-electron chi connectivity index (χ3n) is 4.43. The Labute approximate surface area is 167 Å². The molecule has 142 valence electrons. The number of aromatic nitrogens is 2. The second-order valence-electron chi connectivity index (χ2n) is 6.23. The summed E-state index contributed by atoms with van der Waals surface area (Å²) in [4.78, 5) is 7.94. The maximum atomic E-state index is 6.43. The Balaban J connectivity index is 1.60. The lowest BCUT2D eigenvalue weighted by atomic mass is 10.2. The number of halogens is 1. The number of aromatic amines is 1. The molecule has 0 bridgehead atoms. The smallest absolute Gasteiger partial charge is 0.163 e. The van der Waals surface area contributed by atoms with E-state index in [0.717, 1.165) is 22.2 Å². The molecule has 0 fully saturated rings. The summed E-state index contributed by atoms with van der Waals surface area (Å²) in [7, 11) is 3.21. The van der Waals surface area contributed by atoms with E-state index in [2.05, 4.69) is 9.97 Å². The first-order valence-electron chi connectivity index (χ1n) is 8.76. The summed E-state index contributed by atoms with van der Waals surface area (Å²) in [6.07, 6.45) is 0. The Morgan fingerprint density at radius 2 is 1.64 bits per heavy atom. The average molecular weight is 395 g/mol. The lowest BCUT2D eigenvalue weighted by Gasteiger charge is -2.09. The van der Waals surface area contributed by atoms with Crippen LogP contribution in [0.2, 0.25) is 5.02 Å². The number of hydrogen-bond acceptors (Lipinski definition) is 4. The predicted molar refractivity (Wildman–Crippen MR) is 110 cm³/mol. The van der Waals surface area contributed by atoms with Gasteiger partial charge < -0.3 is 19.2 Å². The fourth-order valence-corrected chi connectivity index (χ4v) is 3.21. The fraction of sp³-hybridized carbons (Fsp3) is 0.136. The van der Waals surface area contributed by atoms with E-state index in [-0.39, 0.29) is 0 Å². The zero-order valence-corrected chi connectivity index (χ0v) is 16.3. The van der Waals surface area contributed by atoms with Gasteiger partial charge in [-0.1, -0.05) is 41.9 Å². The third kappa shape index (κ3) is 3.62. The highest BCUT2D eigenvalue weighted by atomic mass is 35.5. The SMILES string of the molecule is COc1cc2nc(-c3ccc(OCc4ccccc4)c(Cl)c3)[nH]c2cc1OC. The quantitative estimate of drug-likeness (QED) is 0.470. The standard InChI is InChI=1S/C22H19ClN2O3/c1-26-20-11-17-18(12-21(20)27-2)25-22(24-17)15-8-9-19(16(23)10-15)28-13-14-6-4-3-5-7-14/h3-12H,13H2,1-2H3,(H,24,25). The van der Waals surface area contributed by atoms with E-state index in [4.69, 9.17) is 25.8 Å². The van der Waals surface area contributed by atoms with Crippen LogP contribution in [0.5, 0.6) is 17.2 Å². The topological polar surface area (TPSA) is 56.4 Å². The van der Waals surface area contributed by atoms with Crippen LogP contribution in [-0.2, 0) is 6.61 Å². The van der Waals surface area contributed by atoms with Crippen molar-refractivity contribution in [3.63, 3.8) is 0 Å². The van der Waals surface area contributed by atoms with Crippen LogP contribution in [0.25, 0.3) is 22.4 Å². The number of imidazole rings is 1. The Morgan fingerprint density at radius 3 is 2.36 bits per heavy atom. The van der Waals surface area contributed by atoms with Crippen LogP contribution < -0.4 is 14.2 Å². The number of nitrogens with one attached hydrogen (secondary N) is 1. The molecule has 0 atom stereocenters. The van der Waals surface area contributed by atoms with Gasteiger partial charge in [0.05, 0.1) is 30.3 Å². The largest absolute Gasteiger partial charge is 0.493 e. The van der Waals surface area contributed by atoms with Crippen LogP contribution in [-0.4, -0.2) is 24.2 Å². The van der Waals surface area contributed by atoms with Crippen LogP contribution >= 0.6 is 11.6 Å². The van der Waals surface area contributed by atoms with Crippen molar-refractivity contribution in [2.24, 2.45) is 0 Å². The van der Waals surface area contributed by atoms with Crippen LogP contribution in [0.3, 0.4) is 0 Å². The molecule has 4 rings (SSSR count). The van der Waals surface area contributed by atoms with E-state index in [1.807, 2.05) is 60.7 Å². The Morgan fingerprint density at radius 1 is 0.893 bits per heavy atom. The zero-order chi connectivity index (χ0) is 19.5. The maximum Gasteiger partial charge on any atom is 0.163 e. The maximum absolute atomic E-state index is 6.43. The summed E-state index contributed by atoms with van der Waals surface area (Å²) >= 11 is 6.43. The van der Waals surface area contributed by atoms with Gasteiger partial charge in [-0.15, -0.1) is 0 Å². The second kappa shape index (κ2) is 7.82. The van der Waals surface area contributed by atoms with Gasteiger partial charge in [0.25, 0.3) is 0 Å². The molecule has 5 nitrogen and oxygen atoms in total. The number of fused-ring (bicyclic) bond motifs is 1. The molecule has 0 saturated heterocycles. The molecule has 0 unspecified atom stereocenters. The highest BCUT2D eigenvalue weighted by Gasteiger charge is 2.12. The van der Waals surface area contributed by atoms with Gasteiger partial charge in [-0.3, -0.25) is 0 Å². The van der Waals surface area contributed by atoms with Crippen molar-refractivity contribution in [3.05, 3.63) is 71.2 Å². The molecular formula is C22H19ClN2O3. The van der Waals surface area contributed by atoms with Gasteiger partial charge in [0, 0.05) is 17.7 Å². The molecule has 6 heteroatoms. The number of rotatable bonds is 6. The van der Waals surface area contributed by atoms with Crippen LogP contribution in [0, 0.1) is 0 Å². The molecular weight excluding hydrogens is 376 g/mol. The summed E-state index contributed by atoms with van der Waals surface area (Å²) in [5, 5.41) is 0.532.